The van der Waals surface area contributed by atoms with Gasteiger partial charge in [-0.2, -0.15) is 0 Å². The molecule has 4 N–H and O–H groups in total. The van der Waals surface area contributed by atoms with Crippen LogP contribution in [0.1, 0.15) is 43.0 Å². The molecule has 0 atom stereocenters. The zero-order valence-electron chi connectivity index (χ0n) is 14.2. The van der Waals surface area contributed by atoms with Crippen molar-refractivity contribution in [2.24, 2.45) is 5.73 Å². The Hall–Kier alpha value is -1.79. The van der Waals surface area contributed by atoms with E-state index < -0.39 is 5.91 Å². The van der Waals surface area contributed by atoms with Crippen molar-refractivity contribution in [3.8, 4) is 0 Å². The van der Waals surface area contributed by atoms with Crippen LogP contribution >= 0.6 is 11.6 Å². The fourth-order valence-corrected chi connectivity index (χ4v) is 3.55. The van der Waals surface area contributed by atoms with Gasteiger partial charge in [-0.05, 0) is 44.6 Å². The zero-order valence-corrected chi connectivity index (χ0v) is 14.9. The number of benzene rings is 1. The number of likely N-dealkylation sites (N-methyl/N-ethyl adjacent to an activating group) is 1. The molecule has 3 amide bonds. The minimum atomic E-state index is -0.596. The molecule has 0 aliphatic heterocycles. The van der Waals surface area contributed by atoms with Crippen molar-refractivity contribution >= 4 is 29.2 Å². The number of rotatable bonds is 6. The summed E-state index contributed by atoms with van der Waals surface area (Å²) in [4.78, 5) is 25.7. The van der Waals surface area contributed by atoms with Gasteiger partial charge < -0.3 is 16.4 Å². The van der Waals surface area contributed by atoms with Crippen molar-refractivity contribution in [1.82, 2.24) is 10.2 Å². The number of nitrogens with zero attached hydrogens (tertiary/aromatic N) is 1. The molecule has 1 saturated carbocycles. The SMILES string of the molecule is CCN(C)C1(CNC(=O)Nc2ccc(C(N)=O)c(Cl)c2)CCCC1. The number of hydrogen-bond donors (Lipinski definition) is 3. The van der Waals surface area contributed by atoms with Gasteiger partial charge in [-0.3, -0.25) is 9.69 Å². The molecule has 0 heterocycles. The van der Waals surface area contributed by atoms with Crippen LogP contribution < -0.4 is 16.4 Å². The summed E-state index contributed by atoms with van der Waals surface area (Å²) < 4.78 is 0. The molecule has 132 valence electrons. The number of halogens is 1. The number of hydrogen-bond acceptors (Lipinski definition) is 3. The predicted molar refractivity (Wildman–Crippen MR) is 96.5 cm³/mol. The molecule has 1 aromatic rings. The van der Waals surface area contributed by atoms with Crippen LogP contribution in [0, 0.1) is 0 Å². The maximum absolute atomic E-state index is 12.2. The Labute approximate surface area is 147 Å². The fourth-order valence-electron chi connectivity index (χ4n) is 3.27. The van der Waals surface area contributed by atoms with Gasteiger partial charge in [0.1, 0.15) is 0 Å². The van der Waals surface area contributed by atoms with Crippen molar-refractivity contribution in [2.45, 2.75) is 38.1 Å². The molecular formula is C17H25ClN4O2. The Morgan fingerprint density at radius 1 is 1.33 bits per heavy atom. The van der Waals surface area contributed by atoms with Gasteiger partial charge in [-0.25, -0.2) is 4.79 Å². The van der Waals surface area contributed by atoms with Crippen LogP contribution in [0.4, 0.5) is 10.5 Å². The van der Waals surface area contributed by atoms with E-state index >= 15 is 0 Å². The highest BCUT2D eigenvalue weighted by Gasteiger charge is 2.37. The molecule has 6 nitrogen and oxygen atoms in total. The Morgan fingerprint density at radius 3 is 2.54 bits per heavy atom. The second-order valence-electron chi connectivity index (χ2n) is 6.31. The standard InChI is InChI=1S/C17H25ClN4O2/c1-3-22(2)17(8-4-5-9-17)11-20-16(24)21-12-6-7-13(15(19)23)14(18)10-12/h6-7,10H,3-5,8-9,11H2,1-2H3,(H2,19,23)(H2,20,21,24). The first-order chi connectivity index (χ1) is 11.4. The molecule has 1 aliphatic rings. The van der Waals surface area contributed by atoms with Crippen LogP contribution in [-0.2, 0) is 0 Å². The summed E-state index contributed by atoms with van der Waals surface area (Å²) in [6.45, 7) is 3.69. The van der Waals surface area contributed by atoms with E-state index in [9.17, 15) is 9.59 Å². The highest BCUT2D eigenvalue weighted by atomic mass is 35.5. The number of nitrogens with one attached hydrogen (secondary N) is 2. The third-order valence-electron chi connectivity index (χ3n) is 4.89. The first-order valence-electron chi connectivity index (χ1n) is 8.23. The fraction of sp³-hybridized carbons (Fsp3) is 0.529. The normalized spacial score (nSPS) is 16.2. The number of anilines is 1. The quantitative estimate of drug-likeness (QED) is 0.735. The van der Waals surface area contributed by atoms with Gasteiger partial charge in [0.05, 0.1) is 10.6 Å². The molecular weight excluding hydrogens is 328 g/mol. The number of urea groups is 1. The first-order valence-corrected chi connectivity index (χ1v) is 8.61. The monoisotopic (exact) mass is 352 g/mol. The summed E-state index contributed by atoms with van der Waals surface area (Å²) in [5.74, 6) is -0.596. The van der Waals surface area contributed by atoms with E-state index in [1.54, 1.807) is 6.07 Å². The number of primary amides is 1. The van der Waals surface area contributed by atoms with Crippen molar-refractivity contribution in [2.75, 3.05) is 25.5 Å². The van der Waals surface area contributed by atoms with Gasteiger partial charge in [0.25, 0.3) is 0 Å². The average Bonchev–Trinajstić information content (AvgIpc) is 3.02. The lowest BCUT2D eigenvalue weighted by molar-refractivity contribution is 0.100. The van der Waals surface area contributed by atoms with Crippen molar-refractivity contribution in [3.63, 3.8) is 0 Å². The summed E-state index contributed by atoms with van der Waals surface area (Å²) >= 11 is 5.99. The Morgan fingerprint density at radius 2 is 2.00 bits per heavy atom. The lowest BCUT2D eigenvalue weighted by Gasteiger charge is -2.38. The van der Waals surface area contributed by atoms with E-state index in [-0.39, 0.29) is 22.2 Å². The first kappa shape index (κ1) is 18.5. The lowest BCUT2D eigenvalue weighted by atomic mass is 9.95. The van der Waals surface area contributed by atoms with Gasteiger partial charge in [0.2, 0.25) is 5.91 Å². The van der Waals surface area contributed by atoms with E-state index in [0.717, 1.165) is 19.4 Å². The zero-order chi connectivity index (χ0) is 17.7. The summed E-state index contributed by atoms with van der Waals surface area (Å²) in [6, 6.07) is 4.34. The van der Waals surface area contributed by atoms with E-state index in [1.807, 2.05) is 0 Å². The van der Waals surface area contributed by atoms with E-state index in [4.69, 9.17) is 17.3 Å². The molecule has 1 fully saturated rings. The minimum absolute atomic E-state index is 0.0412. The summed E-state index contributed by atoms with van der Waals surface area (Å²) in [5.41, 5.74) is 6.01. The van der Waals surface area contributed by atoms with Crippen LogP contribution in [0.5, 0.6) is 0 Å². The third-order valence-corrected chi connectivity index (χ3v) is 5.20. The van der Waals surface area contributed by atoms with Crippen LogP contribution in [-0.4, -0.2) is 42.5 Å². The predicted octanol–water partition coefficient (Wildman–Crippen LogP) is 2.82. The molecule has 0 saturated heterocycles. The molecule has 2 rings (SSSR count). The Balaban J connectivity index is 1.96. The minimum Gasteiger partial charge on any atom is -0.366 e. The second kappa shape index (κ2) is 7.85. The molecule has 0 unspecified atom stereocenters. The summed E-state index contributed by atoms with van der Waals surface area (Å²) in [7, 11) is 2.10. The molecule has 1 aliphatic carbocycles. The Bertz CT molecular complexity index is 615. The number of carbonyl (C=O) groups excluding carboxylic acids is 2. The molecule has 7 heteroatoms. The van der Waals surface area contributed by atoms with E-state index in [2.05, 4.69) is 29.5 Å². The lowest BCUT2D eigenvalue weighted by Crippen LogP contribution is -2.52. The number of carbonyl (C=O) groups is 2. The molecule has 0 aromatic heterocycles. The van der Waals surface area contributed by atoms with E-state index in [0.29, 0.717) is 12.2 Å². The van der Waals surface area contributed by atoms with Crippen LogP contribution in [0.3, 0.4) is 0 Å². The summed E-state index contributed by atoms with van der Waals surface area (Å²) in [5, 5.41) is 5.92. The van der Waals surface area contributed by atoms with Crippen LogP contribution in [0.2, 0.25) is 5.02 Å². The molecule has 1 aromatic carbocycles. The van der Waals surface area contributed by atoms with Gasteiger partial charge in [0, 0.05) is 17.8 Å². The molecule has 0 bridgehead atoms. The third kappa shape index (κ3) is 4.19. The molecule has 0 spiro atoms. The smallest absolute Gasteiger partial charge is 0.319 e. The largest absolute Gasteiger partial charge is 0.366 e. The average molecular weight is 353 g/mol. The summed E-state index contributed by atoms with van der Waals surface area (Å²) in [6.07, 6.45) is 4.57. The maximum atomic E-state index is 12.2. The van der Waals surface area contributed by atoms with Crippen LogP contribution in [0.15, 0.2) is 18.2 Å². The second-order valence-corrected chi connectivity index (χ2v) is 6.72. The van der Waals surface area contributed by atoms with Gasteiger partial charge >= 0.3 is 6.03 Å². The van der Waals surface area contributed by atoms with Crippen molar-refractivity contribution in [3.05, 3.63) is 28.8 Å². The molecule has 0 radical (unpaired) electrons. The highest BCUT2D eigenvalue weighted by molar-refractivity contribution is 6.34. The topological polar surface area (TPSA) is 87.5 Å². The van der Waals surface area contributed by atoms with Gasteiger partial charge in [-0.15, -0.1) is 0 Å². The molecule has 24 heavy (non-hydrogen) atoms. The number of nitrogens with two attached hydrogens (primary N) is 1. The highest BCUT2D eigenvalue weighted by Crippen LogP contribution is 2.33. The van der Waals surface area contributed by atoms with Gasteiger partial charge in [-0.1, -0.05) is 31.4 Å². The van der Waals surface area contributed by atoms with E-state index in [1.165, 1.54) is 25.0 Å². The Kier molecular flexibility index (Phi) is 6.07. The van der Waals surface area contributed by atoms with Crippen molar-refractivity contribution in [1.29, 1.82) is 0 Å². The van der Waals surface area contributed by atoms with Crippen LogP contribution in [0.25, 0.3) is 0 Å². The maximum Gasteiger partial charge on any atom is 0.319 e. The van der Waals surface area contributed by atoms with Gasteiger partial charge in [0.15, 0.2) is 0 Å². The van der Waals surface area contributed by atoms with Crippen molar-refractivity contribution < 1.29 is 9.59 Å². The number of amides is 3.